The standard InChI is InChI=1S/C22H17N3O3/c1-27-19-6-2-3-7-20(19)28-21-11-9-17(14-24-21)25-22(26)16-8-10-18-15(13-16)5-4-12-23-18/h2-14H,1H3,(H,25,26). The molecule has 0 spiro atoms. The van der Waals surface area contributed by atoms with E-state index in [-0.39, 0.29) is 5.91 Å². The van der Waals surface area contributed by atoms with Crippen molar-refractivity contribution in [3.05, 3.63) is 84.7 Å². The van der Waals surface area contributed by atoms with Crippen LogP contribution in [0.2, 0.25) is 0 Å². The third-order valence-electron chi connectivity index (χ3n) is 4.14. The average molecular weight is 371 g/mol. The molecule has 0 aliphatic rings. The molecule has 4 aromatic rings. The second-order valence-electron chi connectivity index (χ2n) is 6.00. The van der Waals surface area contributed by atoms with Gasteiger partial charge in [-0.3, -0.25) is 9.78 Å². The average Bonchev–Trinajstić information content (AvgIpc) is 2.75. The predicted octanol–water partition coefficient (Wildman–Crippen LogP) is 4.68. The van der Waals surface area contributed by atoms with Gasteiger partial charge in [-0.1, -0.05) is 18.2 Å². The number of pyridine rings is 2. The van der Waals surface area contributed by atoms with Crippen molar-refractivity contribution >= 4 is 22.5 Å². The third-order valence-corrected chi connectivity index (χ3v) is 4.14. The number of rotatable bonds is 5. The van der Waals surface area contributed by atoms with Crippen molar-refractivity contribution in [3.63, 3.8) is 0 Å². The lowest BCUT2D eigenvalue weighted by atomic mass is 10.1. The SMILES string of the molecule is COc1ccccc1Oc1ccc(NC(=O)c2ccc3ncccc3c2)cn1. The second kappa shape index (κ2) is 7.75. The summed E-state index contributed by atoms with van der Waals surface area (Å²) >= 11 is 0. The lowest BCUT2D eigenvalue weighted by Crippen LogP contribution is -2.12. The number of nitrogens with zero attached hydrogens (tertiary/aromatic N) is 2. The van der Waals surface area contributed by atoms with Gasteiger partial charge in [0, 0.05) is 23.2 Å². The molecule has 138 valence electrons. The van der Waals surface area contributed by atoms with Gasteiger partial charge in [-0.2, -0.15) is 0 Å². The van der Waals surface area contributed by atoms with Gasteiger partial charge in [-0.25, -0.2) is 4.98 Å². The van der Waals surface area contributed by atoms with E-state index in [9.17, 15) is 4.79 Å². The minimum Gasteiger partial charge on any atom is -0.493 e. The lowest BCUT2D eigenvalue weighted by molar-refractivity contribution is 0.102. The van der Waals surface area contributed by atoms with Crippen LogP contribution in [0, 0.1) is 0 Å². The molecule has 0 atom stereocenters. The number of nitrogens with one attached hydrogen (secondary N) is 1. The van der Waals surface area contributed by atoms with Crippen molar-refractivity contribution in [3.8, 4) is 17.4 Å². The van der Waals surface area contributed by atoms with Gasteiger partial charge in [0.25, 0.3) is 5.91 Å². The molecule has 4 rings (SSSR count). The van der Waals surface area contributed by atoms with Gasteiger partial charge in [0.1, 0.15) is 0 Å². The van der Waals surface area contributed by atoms with Crippen molar-refractivity contribution in [2.45, 2.75) is 0 Å². The third kappa shape index (κ3) is 3.76. The maximum absolute atomic E-state index is 12.5. The fourth-order valence-corrected chi connectivity index (χ4v) is 2.75. The summed E-state index contributed by atoms with van der Waals surface area (Å²) in [7, 11) is 1.58. The number of methoxy groups -OCH3 is 1. The maximum atomic E-state index is 12.5. The molecule has 0 fully saturated rings. The highest BCUT2D eigenvalue weighted by Gasteiger charge is 2.09. The van der Waals surface area contributed by atoms with Crippen LogP contribution in [0.1, 0.15) is 10.4 Å². The minimum absolute atomic E-state index is 0.217. The Labute approximate surface area is 161 Å². The first-order valence-electron chi connectivity index (χ1n) is 8.66. The molecule has 0 saturated carbocycles. The highest BCUT2D eigenvalue weighted by atomic mass is 16.5. The van der Waals surface area contributed by atoms with Crippen molar-refractivity contribution in [1.29, 1.82) is 0 Å². The van der Waals surface area contributed by atoms with Crippen LogP contribution in [-0.2, 0) is 0 Å². The predicted molar refractivity (Wildman–Crippen MR) is 107 cm³/mol. The molecule has 6 heteroatoms. The number of carbonyl (C=O) groups is 1. The van der Waals surface area contributed by atoms with Gasteiger partial charge < -0.3 is 14.8 Å². The molecule has 0 bridgehead atoms. The molecule has 1 N–H and O–H groups in total. The first kappa shape index (κ1) is 17.5. The first-order valence-corrected chi connectivity index (χ1v) is 8.66. The maximum Gasteiger partial charge on any atom is 0.255 e. The quantitative estimate of drug-likeness (QED) is 0.551. The molecule has 28 heavy (non-hydrogen) atoms. The molecule has 2 aromatic heterocycles. The van der Waals surface area contributed by atoms with Crippen LogP contribution in [0.3, 0.4) is 0 Å². The summed E-state index contributed by atoms with van der Waals surface area (Å²) < 4.78 is 11.0. The molecule has 0 radical (unpaired) electrons. The van der Waals surface area contributed by atoms with Gasteiger partial charge in [-0.05, 0) is 42.5 Å². The van der Waals surface area contributed by atoms with Gasteiger partial charge in [0.05, 0.1) is 24.5 Å². The molecular weight excluding hydrogens is 354 g/mol. The van der Waals surface area contributed by atoms with Gasteiger partial charge >= 0.3 is 0 Å². The van der Waals surface area contributed by atoms with E-state index >= 15 is 0 Å². The zero-order valence-electron chi connectivity index (χ0n) is 15.1. The highest BCUT2D eigenvalue weighted by Crippen LogP contribution is 2.30. The number of hydrogen-bond donors (Lipinski definition) is 1. The zero-order valence-corrected chi connectivity index (χ0v) is 15.1. The Morgan fingerprint density at radius 3 is 2.57 bits per heavy atom. The highest BCUT2D eigenvalue weighted by molar-refractivity contribution is 6.06. The molecule has 2 heterocycles. The Morgan fingerprint density at radius 2 is 1.79 bits per heavy atom. The summed E-state index contributed by atoms with van der Waals surface area (Å²) in [6.45, 7) is 0. The van der Waals surface area contributed by atoms with E-state index in [2.05, 4.69) is 15.3 Å². The summed E-state index contributed by atoms with van der Waals surface area (Å²) in [6, 6.07) is 19.9. The number of ether oxygens (including phenoxy) is 2. The summed E-state index contributed by atoms with van der Waals surface area (Å²) in [5, 5.41) is 3.75. The fraction of sp³-hybridized carbons (Fsp3) is 0.0455. The number of hydrogen-bond acceptors (Lipinski definition) is 5. The van der Waals surface area contributed by atoms with E-state index in [0.29, 0.717) is 28.6 Å². The normalized spacial score (nSPS) is 10.5. The monoisotopic (exact) mass is 371 g/mol. The van der Waals surface area contributed by atoms with Crippen LogP contribution in [0.25, 0.3) is 10.9 Å². The topological polar surface area (TPSA) is 73.3 Å². The van der Waals surface area contributed by atoms with Crippen molar-refractivity contribution in [1.82, 2.24) is 9.97 Å². The van der Waals surface area contributed by atoms with Crippen LogP contribution in [0.5, 0.6) is 17.4 Å². The van der Waals surface area contributed by atoms with Crippen molar-refractivity contribution < 1.29 is 14.3 Å². The zero-order chi connectivity index (χ0) is 19.3. The Morgan fingerprint density at radius 1 is 0.929 bits per heavy atom. The summed E-state index contributed by atoms with van der Waals surface area (Å²) in [5.41, 5.74) is 1.97. The fourth-order valence-electron chi connectivity index (χ4n) is 2.75. The van der Waals surface area contributed by atoms with Crippen molar-refractivity contribution in [2.75, 3.05) is 12.4 Å². The summed E-state index contributed by atoms with van der Waals surface area (Å²) in [5.74, 6) is 1.37. The van der Waals surface area contributed by atoms with E-state index < -0.39 is 0 Å². The van der Waals surface area contributed by atoms with E-state index in [4.69, 9.17) is 9.47 Å². The lowest BCUT2D eigenvalue weighted by Gasteiger charge is -2.10. The number of amides is 1. The summed E-state index contributed by atoms with van der Waals surface area (Å²) in [6.07, 6.45) is 3.27. The molecule has 6 nitrogen and oxygen atoms in total. The number of carbonyl (C=O) groups excluding carboxylic acids is 1. The number of aromatic nitrogens is 2. The molecule has 1 amide bonds. The number of fused-ring (bicyclic) bond motifs is 1. The minimum atomic E-state index is -0.217. The molecule has 0 saturated heterocycles. The van der Waals surface area contributed by atoms with E-state index in [1.165, 1.54) is 0 Å². The van der Waals surface area contributed by atoms with Gasteiger partial charge in [0.2, 0.25) is 5.88 Å². The van der Waals surface area contributed by atoms with Crippen molar-refractivity contribution in [2.24, 2.45) is 0 Å². The smallest absolute Gasteiger partial charge is 0.255 e. The summed E-state index contributed by atoms with van der Waals surface area (Å²) in [4.78, 5) is 21.0. The van der Waals surface area contributed by atoms with E-state index in [0.717, 1.165) is 10.9 Å². The van der Waals surface area contributed by atoms with Gasteiger partial charge in [-0.15, -0.1) is 0 Å². The van der Waals surface area contributed by atoms with Crippen LogP contribution in [-0.4, -0.2) is 23.0 Å². The van der Waals surface area contributed by atoms with E-state index in [1.54, 1.807) is 43.8 Å². The number of anilines is 1. The van der Waals surface area contributed by atoms with E-state index in [1.807, 2.05) is 42.5 Å². The molecule has 0 aliphatic heterocycles. The largest absolute Gasteiger partial charge is 0.493 e. The van der Waals surface area contributed by atoms with Crippen LogP contribution >= 0.6 is 0 Å². The Balaban J connectivity index is 1.47. The van der Waals surface area contributed by atoms with Crippen LogP contribution in [0.4, 0.5) is 5.69 Å². The second-order valence-corrected chi connectivity index (χ2v) is 6.00. The van der Waals surface area contributed by atoms with Gasteiger partial charge in [0.15, 0.2) is 11.5 Å². The number of para-hydroxylation sites is 2. The molecule has 0 aliphatic carbocycles. The Bertz CT molecular complexity index is 1130. The Kier molecular flexibility index (Phi) is 4.84. The molecule has 0 unspecified atom stereocenters. The van der Waals surface area contributed by atoms with Crippen LogP contribution < -0.4 is 14.8 Å². The first-order chi connectivity index (χ1) is 13.7. The van der Waals surface area contributed by atoms with Crippen LogP contribution in [0.15, 0.2) is 79.1 Å². The Hall–Kier alpha value is -3.93. The molecular formula is C22H17N3O3. The molecule has 2 aromatic carbocycles. The number of benzene rings is 2.